The Kier molecular flexibility index (Phi) is 5.36. The highest BCUT2D eigenvalue weighted by molar-refractivity contribution is 6.51. The summed E-state index contributed by atoms with van der Waals surface area (Å²) in [6.45, 7) is 0. The van der Waals surface area contributed by atoms with Crippen molar-refractivity contribution in [2.45, 2.75) is 6.04 Å². The van der Waals surface area contributed by atoms with Crippen LogP contribution in [-0.2, 0) is 9.59 Å². The number of aromatic hydroxyl groups is 1. The summed E-state index contributed by atoms with van der Waals surface area (Å²) in [5.74, 6) is -1.66. The molecule has 1 unspecified atom stereocenters. The first kappa shape index (κ1) is 20.7. The van der Waals surface area contributed by atoms with Crippen LogP contribution in [0.3, 0.4) is 0 Å². The van der Waals surface area contributed by atoms with Gasteiger partial charge < -0.3 is 14.9 Å². The molecular formula is C25H18N2O5. The molecule has 1 aliphatic rings. The van der Waals surface area contributed by atoms with Crippen LogP contribution in [0, 0.1) is 11.3 Å². The van der Waals surface area contributed by atoms with Gasteiger partial charge in [-0.25, -0.2) is 0 Å². The highest BCUT2D eigenvalue weighted by Gasteiger charge is 2.47. The first-order chi connectivity index (χ1) is 15.5. The first-order valence-corrected chi connectivity index (χ1v) is 9.69. The number of anilines is 1. The highest BCUT2D eigenvalue weighted by atomic mass is 16.5. The van der Waals surface area contributed by atoms with Crippen molar-refractivity contribution in [2.24, 2.45) is 0 Å². The van der Waals surface area contributed by atoms with Crippen molar-refractivity contribution >= 4 is 23.1 Å². The fourth-order valence-electron chi connectivity index (χ4n) is 3.75. The van der Waals surface area contributed by atoms with Crippen LogP contribution < -0.4 is 9.64 Å². The Morgan fingerprint density at radius 1 is 1.00 bits per heavy atom. The largest absolute Gasteiger partial charge is 0.508 e. The number of nitriles is 1. The third-order valence-electron chi connectivity index (χ3n) is 5.29. The van der Waals surface area contributed by atoms with Crippen LogP contribution in [0.2, 0.25) is 0 Å². The second-order valence-corrected chi connectivity index (χ2v) is 7.12. The van der Waals surface area contributed by atoms with Crippen LogP contribution in [0.25, 0.3) is 5.76 Å². The number of phenolic OH excluding ortho intramolecular Hbond substituents is 1. The number of aliphatic hydroxyl groups excluding tert-OH is 1. The van der Waals surface area contributed by atoms with Gasteiger partial charge in [0.05, 0.1) is 35.9 Å². The average Bonchev–Trinajstić information content (AvgIpc) is 3.09. The summed E-state index contributed by atoms with van der Waals surface area (Å²) < 4.78 is 5.31. The van der Waals surface area contributed by atoms with Gasteiger partial charge in [-0.15, -0.1) is 0 Å². The third kappa shape index (κ3) is 3.44. The average molecular weight is 426 g/mol. The van der Waals surface area contributed by atoms with Crippen LogP contribution in [-0.4, -0.2) is 29.0 Å². The summed E-state index contributed by atoms with van der Waals surface area (Å²) in [4.78, 5) is 27.5. The third-order valence-corrected chi connectivity index (χ3v) is 5.29. The maximum atomic E-state index is 13.1. The van der Waals surface area contributed by atoms with Gasteiger partial charge in [0, 0.05) is 5.69 Å². The molecule has 7 nitrogen and oxygen atoms in total. The molecule has 0 radical (unpaired) electrons. The SMILES string of the molecule is COc1ccccc1/C(O)=C1/C(=O)C(=O)N(c2ccc(C#N)cc2)C1c1ccc(O)cc1. The number of Topliss-reactive ketones (excluding diaryl/α,β-unsaturated/α-hetero) is 1. The molecule has 1 fully saturated rings. The number of nitrogens with zero attached hydrogens (tertiary/aromatic N) is 2. The molecule has 1 amide bonds. The number of aliphatic hydroxyl groups is 1. The summed E-state index contributed by atoms with van der Waals surface area (Å²) in [6, 6.07) is 20.0. The molecule has 0 saturated carbocycles. The van der Waals surface area contributed by atoms with Crippen molar-refractivity contribution < 1.29 is 24.5 Å². The Hall–Kier alpha value is -4.57. The molecule has 7 heteroatoms. The van der Waals surface area contributed by atoms with Crippen molar-refractivity contribution in [3.8, 4) is 17.6 Å². The predicted molar refractivity (Wildman–Crippen MR) is 117 cm³/mol. The van der Waals surface area contributed by atoms with Crippen LogP contribution >= 0.6 is 0 Å². The number of rotatable bonds is 4. The zero-order valence-corrected chi connectivity index (χ0v) is 17.0. The van der Waals surface area contributed by atoms with E-state index in [4.69, 9.17) is 10.00 Å². The molecular weight excluding hydrogens is 408 g/mol. The smallest absolute Gasteiger partial charge is 0.300 e. The Labute approximate surface area is 184 Å². The summed E-state index contributed by atoms with van der Waals surface area (Å²) in [6.07, 6.45) is 0. The fraction of sp³-hybridized carbons (Fsp3) is 0.0800. The molecule has 158 valence electrons. The van der Waals surface area contributed by atoms with Crippen LogP contribution in [0.4, 0.5) is 5.69 Å². The Morgan fingerprint density at radius 3 is 2.28 bits per heavy atom. The van der Waals surface area contributed by atoms with Crippen molar-refractivity contribution in [2.75, 3.05) is 12.0 Å². The van der Waals surface area contributed by atoms with Crippen LogP contribution in [0.1, 0.15) is 22.7 Å². The number of para-hydroxylation sites is 1. The van der Waals surface area contributed by atoms with Crippen LogP contribution in [0.5, 0.6) is 11.5 Å². The van der Waals surface area contributed by atoms with E-state index in [0.717, 1.165) is 0 Å². The molecule has 0 aliphatic carbocycles. The molecule has 32 heavy (non-hydrogen) atoms. The quantitative estimate of drug-likeness (QED) is 0.372. The van der Waals surface area contributed by atoms with Gasteiger partial charge >= 0.3 is 0 Å². The molecule has 2 N–H and O–H groups in total. The summed E-state index contributed by atoms with van der Waals surface area (Å²) in [5.41, 5.74) is 1.48. The number of methoxy groups -OCH3 is 1. The van der Waals surface area contributed by atoms with Gasteiger partial charge in [0.15, 0.2) is 0 Å². The number of benzene rings is 3. The van der Waals surface area contributed by atoms with Gasteiger partial charge in [-0.2, -0.15) is 5.26 Å². The second kappa shape index (κ2) is 8.28. The van der Waals surface area contributed by atoms with E-state index in [-0.39, 0.29) is 22.6 Å². The number of amides is 1. The van der Waals surface area contributed by atoms with E-state index in [9.17, 15) is 19.8 Å². The lowest BCUT2D eigenvalue weighted by Gasteiger charge is -2.25. The number of hydrogen-bond acceptors (Lipinski definition) is 6. The number of hydrogen-bond donors (Lipinski definition) is 2. The number of ether oxygens (including phenoxy) is 1. The molecule has 0 spiro atoms. The van der Waals surface area contributed by atoms with E-state index in [2.05, 4.69) is 0 Å². The lowest BCUT2D eigenvalue weighted by Crippen LogP contribution is -2.29. The minimum Gasteiger partial charge on any atom is -0.508 e. The van der Waals surface area contributed by atoms with E-state index < -0.39 is 17.7 Å². The fourth-order valence-corrected chi connectivity index (χ4v) is 3.75. The summed E-state index contributed by atoms with van der Waals surface area (Å²) in [5, 5.41) is 29.9. The van der Waals surface area contributed by atoms with Gasteiger partial charge in [0.1, 0.15) is 17.3 Å². The highest BCUT2D eigenvalue weighted by Crippen LogP contribution is 2.43. The topological polar surface area (TPSA) is 111 Å². The lowest BCUT2D eigenvalue weighted by molar-refractivity contribution is -0.132. The van der Waals surface area contributed by atoms with E-state index in [1.165, 1.54) is 24.1 Å². The van der Waals surface area contributed by atoms with E-state index in [1.54, 1.807) is 60.7 Å². The lowest BCUT2D eigenvalue weighted by atomic mass is 9.94. The van der Waals surface area contributed by atoms with Crippen molar-refractivity contribution in [1.29, 1.82) is 5.26 Å². The molecule has 1 atom stereocenters. The normalized spacial score (nSPS) is 17.2. The summed E-state index contributed by atoms with van der Waals surface area (Å²) >= 11 is 0. The van der Waals surface area contributed by atoms with E-state index in [0.29, 0.717) is 22.6 Å². The Balaban J connectivity index is 1.95. The van der Waals surface area contributed by atoms with Crippen molar-refractivity contribution in [1.82, 2.24) is 0 Å². The predicted octanol–water partition coefficient (Wildman–Crippen LogP) is 3.90. The molecule has 1 saturated heterocycles. The maximum absolute atomic E-state index is 13.1. The standard InChI is InChI=1S/C25H18N2O5/c1-32-20-5-3-2-4-19(20)23(29)21-22(16-8-12-18(28)13-9-16)27(25(31)24(21)30)17-10-6-15(14-26)7-11-17/h2-13,22,28-29H,1H3/b23-21-. The number of carbonyl (C=O) groups is 2. The van der Waals surface area contributed by atoms with Crippen LogP contribution in [0.15, 0.2) is 78.4 Å². The number of phenols is 1. The van der Waals surface area contributed by atoms with Gasteiger partial charge in [-0.3, -0.25) is 14.5 Å². The number of ketones is 1. The van der Waals surface area contributed by atoms with Gasteiger partial charge in [0.2, 0.25) is 0 Å². The molecule has 1 aliphatic heterocycles. The molecule has 4 rings (SSSR count). The zero-order chi connectivity index (χ0) is 22.8. The minimum absolute atomic E-state index is 0.0220. The zero-order valence-electron chi connectivity index (χ0n) is 17.0. The molecule has 0 aromatic heterocycles. The summed E-state index contributed by atoms with van der Waals surface area (Å²) in [7, 11) is 1.44. The molecule has 3 aromatic rings. The second-order valence-electron chi connectivity index (χ2n) is 7.12. The number of carbonyl (C=O) groups excluding carboxylic acids is 2. The molecule has 0 bridgehead atoms. The maximum Gasteiger partial charge on any atom is 0.300 e. The Morgan fingerprint density at radius 2 is 1.66 bits per heavy atom. The first-order valence-electron chi connectivity index (χ1n) is 9.69. The molecule has 1 heterocycles. The molecule has 3 aromatic carbocycles. The van der Waals surface area contributed by atoms with Crippen molar-refractivity contribution in [3.05, 3.63) is 95.1 Å². The monoisotopic (exact) mass is 426 g/mol. The Bertz CT molecular complexity index is 1270. The minimum atomic E-state index is -0.951. The van der Waals surface area contributed by atoms with Crippen molar-refractivity contribution in [3.63, 3.8) is 0 Å². The van der Waals surface area contributed by atoms with Gasteiger partial charge in [-0.05, 0) is 54.1 Å². The van der Waals surface area contributed by atoms with E-state index in [1.807, 2.05) is 6.07 Å². The van der Waals surface area contributed by atoms with Gasteiger partial charge in [-0.1, -0.05) is 24.3 Å². The van der Waals surface area contributed by atoms with Gasteiger partial charge in [0.25, 0.3) is 11.7 Å². The van der Waals surface area contributed by atoms with E-state index >= 15 is 0 Å².